The van der Waals surface area contributed by atoms with Crippen LogP contribution in [0.4, 0.5) is 0 Å². The van der Waals surface area contributed by atoms with Gasteiger partial charge in [0.25, 0.3) is 0 Å². The second kappa shape index (κ2) is 2.84. The van der Waals surface area contributed by atoms with Gasteiger partial charge < -0.3 is 9.84 Å². The number of aromatic nitrogens is 1. The van der Waals surface area contributed by atoms with Crippen molar-refractivity contribution >= 4 is 5.91 Å². The predicted octanol–water partition coefficient (Wildman–Crippen LogP) is 1.29. The van der Waals surface area contributed by atoms with Gasteiger partial charge in [0, 0.05) is 12.1 Å². The summed E-state index contributed by atoms with van der Waals surface area (Å²) in [6.45, 7) is 1.85. The molecule has 4 heteroatoms. The molecule has 1 heterocycles. The first-order valence-electron chi connectivity index (χ1n) is 5.45. The molecule has 0 spiro atoms. The minimum Gasteiger partial charge on any atom is -0.361 e. The summed E-state index contributed by atoms with van der Waals surface area (Å²) in [6, 6.07) is 2.29. The molecule has 1 aromatic rings. The zero-order chi connectivity index (χ0) is 10.5. The monoisotopic (exact) mass is 206 g/mol. The summed E-state index contributed by atoms with van der Waals surface area (Å²) in [4.78, 5) is 12.0. The fourth-order valence-electron chi connectivity index (χ4n) is 1.87. The second-order valence-electron chi connectivity index (χ2n) is 4.65. The van der Waals surface area contributed by atoms with E-state index >= 15 is 0 Å². The largest absolute Gasteiger partial charge is 0.361 e. The number of rotatable bonds is 3. The lowest BCUT2D eigenvalue weighted by Crippen LogP contribution is -2.36. The van der Waals surface area contributed by atoms with E-state index in [4.69, 9.17) is 4.52 Å². The topological polar surface area (TPSA) is 55.1 Å². The summed E-state index contributed by atoms with van der Waals surface area (Å²) in [7, 11) is 0. The molecule has 0 saturated heterocycles. The van der Waals surface area contributed by atoms with Crippen LogP contribution in [-0.4, -0.2) is 17.1 Å². The van der Waals surface area contributed by atoms with Crippen LogP contribution in [0.25, 0.3) is 0 Å². The van der Waals surface area contributed by atoms with Gasteiger partial charge in [-0.05, 0) is 32.6 Å². The van der Waals surface area contributed by atoms with Gasteiger partial charge in [0.1, 0.15) is 5.76 Å². The normalized spacial score (nSPS) is 22.5. The standard InChI is InChI=1S/C11H14N2O2/c1-7-6-9(13-15-7)11(4-5-11)10(14)12-8-2-3-8/h6,8H,2-5H2,1H3,(H,12,14). The van der Waals surface area contributed by atoms with Crippen LogP contribution in [0.1, 0.15) is 37.1 Å². The number of aryl methyl sites for hydroxylation is 1. The summed E-state index contributed by atoms with van der Waals surface area (Å²) in [5, 5.41) is 7.01. The Bertz CT molecular complexity index is 402. The molecule has 0 bridgehead atoms. The van der Waals surface area contributed by atoms with Crippen molar-refractivity contribution < 1.29 is 9.32 Å². The minimum absolute atomic E-state index is 0.137. The lowest BCUT2D eigenvalue weighted by molar-refractivity contribution is -0.123. The smallest absolute Gasteiger partial charge is 0.232 e. The van der Waals surface area contributed by atoms with Crippen molar-refractivity contribution in [2.45, 2.75) is 44.1 Å². The van der Waals surface area contributed by atoms with E-state index in [2.05, 4.69) is 10.5 Å². The maximum absolute atomic E-state index is 12.0. The van der Waals surface area contributed by atoms with Crippen molar-refractivity contribution in [2.24, 2.45) is 0 Å². The van der Waals surface area contributed by atoms with E-state index in [1.54, 1.807) is 0 Å². The Morgan fingerprint density at radius 3 is 2.80 bits per heavy atom. The summed E-state index contributed by atoms with van der Waals surface area (Å²) < 4.78 is 5.03. The molecule has 0 radical (unpaired) electrons. The highest BCUT2D eigenvalue weighted by Crippen LogP contribution is 2.48. The van der Waals surface area contributed by atoms with Gasteiger partial charge in [-0.15, -0.1) is 0 Å². The Morgan fingerprint density at radius 2 is 2.33 bits per heavy atom. The molecular weight excluding hydrogens is 192 g/mol. The van der Waals surface area contributed by atoms with Crippen LogP contribution in [0.5, 0.6) is 0 Å². The van der Waals surface area contributed by atoms with Crippen molar-refractivity contribution in [2.75, 3.05) is 0 Å². The van der Waals surface area contributed by atoms with Crippen LogP contribution in [-0.2, 0) is 10.2 Å². The van der Waals surface area contributed by atoms with E-state index in [-0.39, 0.29) is 11.3 Å². The molecule has 0 aliphatic heterocycles. The number of carbonyl (C=O) groups excluding carboxylic acids is 1. The molecule has 3 rings (SSSR count). The third-order valence-electron chi connectivity index (χ3n) is 3.22. The van der Waals surface area contributed by atoms with Crippen LogP contribution in [0.15, 0.2) is 10.6 Å². The van der Waals surface area contributed by atoms with E-state index in [0.717, 1.165) is 37.1 Å². The van der Waals surface area contributed by atoms with Gasteiger partial charge in [-0.1, -0.05) is 5.16 Å². The minimum atomic E-state index is -0.361. The highest BCUT2D eigenvalue weighted by Gasteiger charge is 2.54. The molecule has 80 valence electrons. The van der Waals surface area contributed by atoms with E-state index < -0.39 is 0 Å². The molecule has 1 amide bonds. The van der Waals surface area contributed by atoms with E-state index in [9.17, 15) is 4.79 Å². The Morgan fingerprint density at radius 1 is 1.60 bits per heavy atom. The van der Waals surface area contributed by atoms with Gasteiger partial charge in [0.05, 0.1) is 11.1 Å². The zero-order valence-electron chi connectivity index (χ0n) is 8.75. The molecule has 0 aromatic carbocycles. The second-order valence-corrected chi connectivity index (χ2v) is 4.65. The molecule has 2 saturated carbocycles. The number of hydrogen-bond acceptors (Lipinski definition) is 3. The van der Waals surface area contributed by atoms with E-state index in [1.807, 2.05) is 13.0 Å². The molecule has 4 nitrogen and oxygen atoms in total. The molecule has 0 unspecified atom stereocenters. The maximum atomic E-state index is 12.0. The first-order chi connectivity index (χ1) is 7.21. The summed E-state index contributed by atoms with van der Waals surface area (Å²) in [6.07, 6.45) is 4.05. The van der Waals surface area contributed by atoms with Crippen LogP contribution >= 0.6 is 0 Å². The fourth-order valence-corrected chi connectivity index (χ4v) is 1.87. The molecule has 2 aliphatic rings. The van der Waals surface area contributed by atoms with Crippen molar-refractivity contribution in [1.29, 1.82) is 0 Å². The molecule has 1 aromatic heterocycles. The summed E-state index contributed by atoms with van der Waals surface area (Å²) in [5.74, 6) is 0.911. The molecule has 2 aliphatic carbocycles. The summed E-state index contributed by atoms with van der Waals surface area (Å²) >= 11 is 0. The van der Waals surface area contributed by atoms with E-state index in [1.165, 1.54) is 0 Å². The van der Waals surface area contributed by atoms with Crippen LogP contribution in [0, 0.1) is 6.92 Å². The first kappa shape index (κ1) is 8.95. The average molecular weight is 206 g/mol. The van der Waals surface area contributed by atoms with Crippen molar-refractivity contribution in [3.8, 4) is 0 Å². The fraction of sp³-hybridized carbons (Fsp3) is 0.636. The summed E-state index contributed by atoms with van der Waals surface area (Å²) in [5.41, 5.74) is 0.443. The number of nitrogens with zero attached hydrogens (tertiary/aromatic N) is 1. The van der Waals surface area contributed by atoms with Gasteiger partial charge in [-0.2, -0.15) is 0 Å². The van der Waals surface area contributed by atoms with E-state index in [0.29, 0.717) is 6.04 Å². The molecular formula is C11H14N2O2. The lowest BCUT2D eigenvalue weighted by atomic mass is 10.0. The maximum Gasteiger partial charge on any atom is 0.232 e. The van der Waals surface area contributed by atoms with Gasteiger partial charge in [-0.3, -0.25) is 4.79 Å². The third-order valence-corrected chi connectivity index (χ3v) is 3.22. The Kier molecular flexibility index (Phi) is 1.69. The van der Waals surface area contributed by atoms with Crippen molar-refractivity contribution in [3.05, 3.63) is 17.5 Å². The number of hydrogen-bond donors (Lipinski definition) is 1. The van der Waals surface area contributed by atoms with Crippen LogP contribution in [0.3, 0.4) is 0 Å². The SMILES string of the molecule is Cc1cc(C2(C(=O)NC3CC3)CC2)no1. The van der Waals surface area contributed by atoms with Crippen LogP contribution < -0.4 is 5.32 Å². The van der Waals surface area contributed by atoms with Crippen LogP contribution in [0.2, 0.25) is 0 Å². The number of amides is 1. The van der Waals surface area contributed by atoms with Crippen molar-refractivity contribution in [3.63, 3.8) is 0 Å². The van der Waals surface area contributed by atoms with Gasteiger partial charge in [-0.25, -0.2) is 0 Å². The molecule has 15 heavy (non-hydrogen) atoms. The highest BCUT2D eigenvalue weighted by molar-refractivity contribution is 5.91. The van der Waals surface area contributed by atoms with Crippen molar-refractivity contribution in [1.82, 2.24) is 10.5 Å². The molecule has 0 atom stereocenters. The zero-order valence-corrected chi connectivity index (χ0v) is 8.75. The Labute approximate surface area is 88.0 Å². The van der Waals surface area contributed by atoms with Gasteiger partial charge in [0.15, 0.2) is 0 Å². The molecule has 1 N–H and O–H groups in total. The predicted molar refractivity (Wildman–Crippen MR) is 53.3 cm³/mol. The first-order valence-corrected chi connectivity index (χ1v) is 5.45. The number of carbonyl (C=O) groups is 1. The Hall–Kier alpha value is -1.32. The average Bonchev–Trinajstić information content (AvgIpc) is 3.08. The highest BCUT2D eigenvalue weighted by atomic mass is 16.5. The third kappa shape index (κ3) is 1.44. The van der Waals surface area contributed by atoms with Gasteiger partial charge >= 0.3 is 0 Å². The van der Waals surface area contributed by atoms with Gasteiger partial charge in [0.2, 0.25) is 5.91 Å². The molecule has 2 fully saturated rings. The lowest BCUT2D eigenvalue weighted by Gasteiger charge is -2.11. The number of nitrogens with one attached hydrogen (secondary N) is 1. The quantitative estimate of drug-likeness (QED) is 0.810. The Balaban J connectivity index is 1.80.